The molecule has 0 bridgehead atoms. The Balaban J connectivity index is 1.21. The number of carboxylic acid groups (broad SMARTS) is 1. The number of phenols is 1. The molecule has 0 spiro atoms. The molecule has 0 aliphatic heterocycles. The molecule has 2 aromatic heterocycles. The average Bonchev–Trinajstić information content (AvgIpc) is 3.41. The quantitative estimate of drug-likeness (QED) is 0.0784. The minimum absolute atomic E-state index is 0.00398. The number of anilines is 1. The maximum Gasteiger partial charge on any atom is 0.420 e. The highest BCUT2D eigenvalue weighted by molar-refractivity contribution is 6.74. The number of pyridine rings is 1. The number of hydrogen-bond donors (Lipinski definition) is 5. The monoisotopic (exact) mass is 732 g/mol. The van der Waals surface area contributed by atoms with Crippen LogP contribution in [0.4, 0.5) is 10.5 Å². The van der Waals surface area contributed by atoms with Gasteiger partial charge in [-0.1, -0.05) is 87.5 Å². The van der Waals surface area contributed by atoms with Gasteiger partial charge >= 0.3 is 11.8 Å². The van der Waals surface area contributed by atoms with Crippen molar-refractivity contribution < 1.29 is 23.9 Å². The number of H-pyrrole nitrogens is 1. The molecule has 1 amide bonds. The van der Waals surface area contributed by atoms with Crippen LogP contribution in [0.5, 0.6) is 5.75 Å². The molecular weight excluding hydrogens is 689 g/mol. The number of nitrogens with zero attached hydrogens (tertiary/aromatic N) is 1. The van der Waals surface area contributed by atoms with Gasteiger partial charge in [0.05, 0.1) is 22.8 Å². The molecule has 5 N–H and O–H groups in total. The van der Waals surface area contributed by atoms with E-state index in [-0.39, 0.29) is 29.0 Å². The summed E-state index contributed by atoms with van der Waals surface area (Å²) in [6.07, 6.45) is 2.14. The van der Waals surface area contributed by atoms with Crippen molar-refractivity contribution in [3.8, 4) is 16.9 Å². The van der Waals surface area contributed by atoms with Gasteiger partial charge < -0.3 is 29.4 Å². The van der Waals surface area contributed by atoms with Crippen LogP contribution < -0.4 is 21.9 Å². The van der Waals surface area contributed by atoms with E-state index in [0.717, 1.165) is 27.8 Å². The Morgan fingerprint density at radius 1 is 1.00 bits per heavy atom. The Labute approximate surface area is 307 Å². The smallest absolute Gasteiger partial charge is 0.420 e. The van der Waals surface area contributed by atoms with Crippen molar-refractivity contribution in [1.29, 1.82) is 0 Å². The highest BCUT2D eigenvalue weighted by Gasteiger charge is 2.39. The molecule has 0 unspecified atom stereocenters. The van der Waals surface area contributed by atoms with Crippen molar-refractivity contribution in [3.63, 3.8) is 0 Å². The van der Waals surface area contributed by atoms with E-state index in [1.807, 2.05) is 72.8 Å². The molecule has 0 saturated carbocycles. The van der Waals surface area contributed by atoms with Crippen molar-refractivity contribution >= 4 is 48.2 Å². The van der Waals surface area contributed by atoms with E-state index in [9.17, 15) is 24.6 Å². The zero-order valence-corrected chi connectivity index (χ0v) is 31.4. The maximum atomic E-state index is 12.9. The molecule has 0 radical (unpaired) electrons. The predicted octanol–water partition coefficient (Wildman–Crippen LogP) is 8.46. The largest absolute Gasteiger partial charge is 0.506 e. The van der Waals surface area contributed by atoms with Gasteiger partial charge in [0.25, 0.3) is 0 Å². The molecule has 11 nitrogen and oxygen atoms in total. The molecule has 53 heavy (non-hydrogen) atoms. The number of carbonyl (C=O) groups is 1. The van der Waals surface area contributed by atoms with Crippen molar-refractivity contribution in [2.24, 2.45) is 0 Å². The van der Waals surface area contributed by atoms with Gasteiger partial charge in [0.15, 0.2) is 13.9 Å². The molecule has 6 aromatic rings. The number of allylic oxidation sites excluding steroid dienone is 1. The summed E-state index contributed by atoms with van der Waals surface area (Å²) in [6, 6.07) is 27.3. The average molecular weight is 733 g/mol. The number of aromatic nitrogens is 2. The third kappa shape index (κ3) is 8.36. The Morgan fingerprint density at radius 3 is 2.51 bits per heavy atom. The van der Waals surface area contributed by atoms with Crippen LogP contribution in [-0.2, 0) is 17.5 Å². The summed E-state index contributed by atoms with van der Waals surface area (Å²) in [4.78, 5) is 39.3. The summed E-state index contributed by atoms with van der Waals surface area (Å²) in [6.45, 7) is 12.1. The molecule has 0 fully saturated rings. The first-order chi connectivity index (χ1) is 25.2. The number of phenolic OH excluding ortho intramolecular Hbond substituents is 1. The highest BCUT2D eigenvalue weighted by Crippen LogP contribution is 2.41. The topological polar surface area (TPSA) is 159 Å². The van der Waals surface area contributed by atoms with Crippen LogP contribution in [0, 0.1) is 0 Å². The number of amides is 1. The van der Waals surface area contributed by atoms with E-state index in [1.165, 1.54) is 6.07 Å². The summed E-state index contributed by atoms with van der Waals surface area (Å²) < 4.78 is 14.0. The first-order valence-electron chi connectivity index (χ1n) is 17.4. The third-order valence-electron chi connectivity index (χ3n) is 9.86. The second-order valence-corrected chi connectivity index (χ2v) is 19.3. The van der Waals surface area contributed by atoms with Gasteiger partial charge in [-0.15, -0.1) is 0 Å². The van der Waals surface area contributed by atoms with Crippen molar-refractivity contribution in [2.45, 2.75) is 58.1 Å². The molecule has 0 saturated heterocycles. The van der Waals surface area contributed by atoms with Gasteiger partial charge in [-0.2, -0.15) is 0 Å². The minimum Gasteiger partial charge on any atom is -0.506 e. The number of rotatable bonds is 12. The van der Waals surface area contributed by atoms with Crippen LogP contribution in [-0.4, -0.2) is 40.7 Å². The van der Waals surface area contributed by atoms with E-state index >= 15 is 0 Å². The summed E-state index contributed by atoms with van der Waals surface area (Å²) in [5, 5.41) is 26.7. The number of hydrogen-bond acceptors (Lipinski definition) is 7. The lowest BCUT2D eigenvalue weighted by Gasteiger charge is -2.39. The van der Waals surface area contributed by atoms with E-state index < -0.39 is 20.2 Å². The fraction of sp³-hybridized carbons (Fsp3) is 0.244. The molecule has 0 aliphatic rings. The first-order valence-corrected chi connectivity index (χ1v) is 20.3. The molecule has 12 heteroatoms. The van der Waals surface area contributed by atoms with Crippen LogP contribution in [0.25, 0.3) is 39.2 Å². The predicted molar refractivity (Wildman–Crippen MR) is 212 cm³/mol. The molecule has 274 valence electrons. The second-order valence-electron chi connectivity index (χ2n) is 14.6. The summed E-state index contributed by atoms with van der Waals surface area (Å²) in [7, 11) is -2.26. The first kappa shape index (κ1) is 37.1. The standard InChI is InChI=1S/C41H44N4O7Si/c1-41(2,3)53(4,5)52-36(30-16-18-34(46)38-31(30)17-20-37(47)44-38)25-42-24-27-14-19-35-33(23-27)45(40(50)51-35)21-9-10-26-13-15-29(28-11-7-6-8-12-28)32(22-26)43-39(48)49/h6-20,22-23,36,42-43,46H,21,24-25H2,1-5H3,(H,44,47)(H,48,49)/b10-9+/t36-/m1/s1. The number of aromatic amines is 1. The van der Waals surface area contributed by atoms with Crippen molar-refractivity contribution in [1.82, 2.24) is 14.9 Å². The molecule has 4 aromatic carbocycles. The second kappa shape index (κ2) is 15.1. The molecule has 1 atom stereocenters. The van der Waals surface area contributed by atoms with Gasteiger partial charge in [0, 0.05) is 36.7 Å². The SMILES string of the molecule is CC(C)(C)[Si](C)(C)O[C@H](CNCc1ccc2oc(=O)n(C/C=C/c3ccc(-c4ccccc4)c(NC(=O)O)c3)c2c1)c1ccc(O)c2[nH]c(=O)ccc12. The zero-order chi connectivity index (χ0) is 37.9. The Hall–Kier alpha value is -5.69. The normalized spacial score (nSPS) is 12.8. The van der Waals surface area contributed by atoms with Crippen LogP contribution in [0.15, 0.2) is 111 Å². The summed E-state index contributed by atoms with van der Waals surface area (Å²) in [5.74, 6) is -0.488. The highest BCUT2D eigenvalue weighted by atomic mass is 28.4. The Bertz CT molecular complexity index is 2420. The number of oxazole rings is 1. The van der Waals surface area contributed by atoms with Crippen LogP contribution in [0.3, 0.4) is 0 Å². The molecule has 6 rings (SSSR count). The van der Waals surface area contributed by atoms with Gasteiger partial charge in [0.1, 0.15) is 5.75 Å². The lowest BCUT2D eigenvalue weighted by atomic mass is 10.0. The van der Waals surface area contributed by atoms with E-state index in [2.05, 4.69) is 49.5 Å². The van der Waals surface area contributed by atoms with Crippen molar-refractivity contribution in [3.05, 3.63) is 135 Å². The van der Waals surface area contributed by atoms with Crippen LogP contribution in [0.2, 0.25) is 18.1 Å². The lowest BCUT2D eigenvalue weighted by Crippen LogP contribution is -2.43. The Morgan fingerprint density at radius 2 is 1.77 bits per heavy atom. The van der Waals surface area contributed by atoms with Gasteiger partial charge in [-0.05, 0) is 70.7 Å². The summed E-state index contributed by atoms with van der Waals surface area (Å²) in [5.41, 5.74) is 5.85. The maximum absolute atomic E-state index is 12.9. The minimum atomic E-state index is -2.26. The lowest BCUT2D eigenvalue weighted by molar-refractivity contribution is 0.181. The fourth-order valence-electron chi connectivity index (χ4n) is 6.07. The van der Waals surface area contributed by atoms with Crippen LogP contribution >= 0.6 is 0 Å². The number of benzene rings is 4. The number of aromatic hydroxyl groups is 1. The number of fused-ring (bicyclic) bond motifs is 2. The van der Waals surface area contributed by atoms with Gasteiger partial charge in [-0.3, -0.25) is 14.7 Å². The van der Waals surface area contributed by atoms with Gasteiger partial charge in [0.2, 0.25) is 5.56 Å². The molecular formula is C41H44N4O7Si. The van der Waals surface area contributed by atoms with E-state index in [1.54, 1.807) is 28.8 Å². The Kier molecular flexibility index (Phi) is 10.6. The van der Waals surface area contributed by atoms with Crippen molar-refractivity contribution in [2.75, 3.05) is 11.9 Å². The van der Waals surface area contributed by atoms with Crippen LogP contribution in [0.1, 0.15) is 43.6 Å². The number of nitrogens with one attached hydrogen (secondary N) is 3. The zero-order valence-electron chi connectivity index (χ0n) is 30.4. The van der Waals surface area contributed by atoms with E-state index in [4.69, 9.17) is 8.84 Å². The van der Waals surface area contributed by atoms with E-state index in [0.29, 0.717) is 40.8 Å². The third-order valence-corrected chi connectivity index (χ3v) is 14.3. The summed E-state index contributed by atoms with van der Waals surface area (Å²) >= 11 is 0. The van der Waals surface area contributed by atoms with Gasteiger partial charge in [-0.25, -0.2) is 9.59 Å². The fourth-order valence-corrected chi connectivity index (χ4v) is 7.35. The molecule has 2 heterocycles. The molecule has 0 aliphatic carbocycles.